The molecule has 0 aliphatic heterocycles. The van der Waals surface area contributed by atoms with E-state index in [1.165, 1.54) is 0 Å². The summed E-state index contributed by atoms with van der Waals surface area (Å²) in [5, 5.41) is 13.9. The van der Waals surface area contributed by atoms with Gasteiger partial charge in [-0.2, -0.15) is 0 Å². The summed E-state index contributed by atoms with van der Waals surface area (Å²) in [7, 11) is 0. The molecule has 0 N–H and O–H groups in total. The van der Waals surface area contributed by atoms with Crippen molar-refractivity contribution < 1.29 is 4.92 Å². The molecule has 5 heteroatoms. The van der Waals surface area contributed by atoms with Gasteiger partial charge in [-0.1, -0.05) is 48.5 Å². The van der Waals surface area contributed by atoms with Crippen LogP contribution in [0.4, 0.5) is 5.69 Å². The molecule has 1 heterocycles. The van der Waals surface area contributed by atoms with Crippen molar-refractivity contribution in [3.63, 3.8) is 0 Å². The van der Waals surface area contributed by atoms with Gasteiger partial charge in [0, 0.05) is 31.7 Å². The fourth-order valence-electron chi connectivity index (χ4n) is 4.19. The Hall–Kier alpha value is -3.19. The van der Waals surface area contributed by atoms with Gasteiger partial charge in [-0.15, -0.1) is 0 Å². The van der Waals surface area contributed by atoms with Crippen LogP contribution in [0.25, 0.3) is 38.6 Å². The average molecular weight is 504 g/mol. The third kappa shape index (κ3) is 2.89. The first-order valence-corrected chi connectivity index (χ1v) is 10.7. The third-order valence-electron chi connectivity index (χ3n) is 5.49. The Balaban J connectivity index is 1.90. The second-order valence-electron chi connectivity index (χ2n) is 7.26. The summed E-state index contributed by atoms with van der Waals surface area (Å²) in [4.78, 5) is 11.4. The van der Waals surface area contributed by atoms with Gasteiger partial charge in [-0.05, 0) is 65.4 Å². The van der Waals surface area contributed by atoms with E-state index in [9.17, 15) is 10.1 Å². The number of halogens is 1. The van der Waals surface area contributed by atoms with Crippen molar-refractivity contribution in [3.05, 3.63) is 104 Å². The molecule has 0 unspecified atom stereocenters. The van der Waals surface area contributed by atoms with Crippen molar-refractivity contribution in [3.8, 4) is 16.8 Å². The first-order chi connectivity index (χ1) is 14.6. The normalized spacial score (nSPS) is 11.3. The zero-order valence-corrected chi connectivity index (χ0v) is 18.3. The largest absolute Gasteiger partial charge is 0.309 e. The Morgan fingerprint density at radius 2 is 1.57 bits per heavy atom. The maximum atomic E-state index is 11.7. The summed E-state index contributed by atoms with van der Waals surface area (Å²) >= 11 is 2.29. The maximum absolute atomic E-state index is 11.7. The van der Waals surface area contributed by atoms with Gasteiger partial charge in [-0.25, -0.2) is 0 Å². The van der Waals surface area contributed by atoms with E-state index in [4.69, 9.17) is 0 Å². The number of fused-ring (bicyclic) bond motifs is 3. The summed E-state index contributed by atoms with van der Waals surface area (Å²) in [6.07, 6.45) is 0. The number of benzene rings is 4. The van der Waals surface area contributed by atoms with Crippen molar-refractivity contribution in [1.82, 2.24) is 4.57 Å². The Morgan fingerprint density at radius 3 is 2.33 bits per heavy atom. The number of hydrogen-bond donors (Lipinski definition) is 0. The van der Waals surface area contributed by atoms with Crippen LogP contribution >= 0.6 is 22.6 Å². The molecule has 0 saturated carbocycles. The zero-order valence-electron chi connectivity index (χ0n) is 16.2. The van der Waals surface area contributed by atoms with Gasteiger partial charge in [0.2, 0.25) is 0 Å². The summed E-state index contributed by atoms with van der Waals surface area (Å²) < 4.78 is 3.24. The zero-order chi connectivity index (χ0) is 20.8. The Kier molecular flexibility index (Phi) is 4.55. The van der Waals surface area contributed by atoms with E-state index in [2.05, 4.69) is 63.6 Å². The molecule has 5 rings (SSSR count). The first-order valence-electron chi connectivity index (χ1n) is 9.59. The molecule has 0 radical (unpaired) electrons. The first kappa shape index (κ1) is 18.8. The monoisotopic (exact) mass is 504 g/mol. The SMILES string of the molecule is Cc1cccc([N+](=O)[O-])c1-c1cc2c3ccccc3n(-c3ccccc3)c2cc1I. The smallest absolute Gasteiger partial charge is 0.277 e. The topological polar surface area (TPSA) is 48.1 Å². The third-order valence-corrected chi connectivity index (χ3v) is 6.39. The van der Waals surface area contributed by atoms with Crippen molar-refractivity contribution in [2.24, 2.45) is 0 Å². The molecule has 0 fully saturated rings. The van der Waals surface area contributed by atoms with E-state index in [-0.39, 0.29) is 10.6 Å². The quantitative estimate of drug-likeness (QED) is 0.147. The summed E-state index contributed by atoms with van der Waals surface area (Å²) in [5.41, 5.74) is 5.91. The van der Waals surface area contributed by atoms with E-state index in [1.807, 2.05) is 43.3 Å². The number of aromatic nitrogens is 1. The Morgan fingerprint density at radius 1 is 0.833 bits per heavy atom. The maximum Gasteiger partial charge on any atom is 0.277 e. The highest BCUT2D eigenvalue weighted by molar-refractivity contribution is 14.1. The van der Waals surface area contributed by atoms with Crippen molar-refractivity contribution in [1.29, 1.82) is 0 Å². The fraction of sp³-hybridized carbons (Fsp3) is 0.0400. The molecule has 0 atom stereocenters. The molecule has 0 saturated heterocycles. The second kappa shape index (κ2) is 7.25. The molecule has 0 bridgehead atoms. The molecular formula is C25H17IN2O2. The lowest BCUT2D eigenvalue weighted by Gasteiger charge is -2.11. The van der Waals surface area contributed by atoms with Gasteiger partial charge >= 0.3 is 0 Å². The molecular weight excluding hydrogens is 487 g/mol. The molecule has 0 aliphatic rings. The van der Waals surface area contributed by atoms with Crippen molar-refractivity contribution >= 4 is 50.1 Å². The average Bonchev–Trinajstić information content (AvgIpc) is 3.07. The number of nitrogens with zero attached hydrogens (tertiary/aromatic N) is 2. The van der Waals surface area contributed by atoms with E-state index in [0.29, 0.717) is 5.56 Å². The number of aryl methyl sites for hydroxylation is 1. The van der Waals surface area contributed by atoms with Gasteiger partial charge < -0.3 is 4.57 Å². The van der Waals surface area contributed by atoms with Crippen molar-refractivity contribution in [2.75, 3.05) is 0 Å². The fourth-order valence-corrected chi connectivity index (χ4v) is 4.91. The predicted octanol–water partition coefficient (Wildman–Crippen LogP) is 7.27. The van der Waals surface area contributed by atoms with Crippen LogP contribution in [0.5, 0.6) is 0 Å². The van der Waals surface area contributed by atoms with Crippen LogP contribution in [-0.4, -0.2) is 9.49 Å². The van der Waals surface area contributed by atoms with Crippen LogP contribution in [0.2, 0.25) is 0 Å². The Bertz CT molecular complexity index is 1440. The highest BCUT2D eigenvalue weighted by Crippen LogP contribution is 2.41. The van der Waals surface area contributed by atoms with Gasteiger partial charge in [-0.3, -0.25) is 10.1 Å². The number of hydrogen-bond acceptors (Lipinski definition) is 2. The molecule has 5 aromatic rings. The molecule has 146 valence electrons. The highest BCUT2D eigenvalue weighted by Gasteiger charge is 2.21. The van der Waals surface area contributed by atoms with Gasteiger partial charge in [0.15, 0.2) is 0 Å². The highest BCUT2D eigenvalue weighted by atomic mass is 127. The lowest BCUT2D eigenvalue weighted by atomic mass is 9.97. The van der Waals surface area contributed by atoms with Crippen LogP contribution in [0.15, 0.2) is 84.9 Å². The van der Waals surface area contributed by atoms with Crippen LogP contribution in [0.1, 0.15) is 5.56 Å². The van der Waals surface area contributed by atoms with Crippen LogP contribution < -0.4 is 0 Å². The molecule has 1 aromatic heterocycles. The second-order valence-corrected chi connectivity index (χ2v) is 8.43. The molecule has 0 amide bonds. The Labute approximate surface area is 187 Å². The van der Waals surface area contributed by atoms with E-state index in [1.54, 1.807) is 12.1 Å². The standard InChI is InChI=1S/C25H17IN2O2/c1-16-8-7-13-23(28(29)30)25(16)20-14-19-18-11-5-6-12-22(18)27(24(19)15-21(20)26)17-9-3-2-4-10-17/h2-15H,1H3. The van der Waals surface area contributed by atoms with Crippen LogP contribution in [0.3, 0.4) is 0 Å². The molecule has 30 heavy (non-hydrogen) atoms. The molecule has 0 spiro atoms. The minimum Gasteiger partial charge on any atom is -0.309 e. The lowest BCUT2D eigenvalue weighted by molar-refractivity contribution is -0.384. The summed E-state index contributed by atoms with van der Waals surface area (Å²) in [6.45, 7) is 1.93. The number of para-hydroxylation sites is 2. The molecule has 0 aliphatic carbocycles. The van der Waals surface area contributed by atoms with E-state index < -0.39 is 0 Å². The minimum atomic E-state index is -0.296. The number of rotatable bonds is 3. The predicted molar refractivity (Wildman–Crippen MR) is 130 cm³/mol. The summed E-state index contributed by atoms with van der Waals surface area (Å²) in [5.74, 6) is 0. The van der Waals surface area contributed by atoms with Crippen LogP contribution in [0, 0.1) is 20.6 Å². The van der Waals surface area contributed by atoms with Crippen LogP contribution in [-0.2, 0) is 0 Å². The lowest BCUT2D eigenvalue weighted by Crippen LogP contribution is -1.97. The minimum absolute atomic E-state index is 0.138. The van der Waals surface area contributed by atoms with E-state index >= 15 is 0 Å². The van der Waals surface area contributed by atoms with Gasteiger partial charge in [0.1, 0.15) is 0 Å². The molecule has 4 nitrogen and oxygen atoms in total. The van der Waals surface area contributed by atoms with Gasteiger partial charge in [0.25, 0.3) is 5.69 Å². The van der Waals surface area contributed by atoms with E-state index in [0.717, 1.165) is 42.2 Å². The summed E-state index contributed by atoms with van der Waals surface area (Å²) in [6, 6.07) is 28.1. The number of nitro groups is 1. The van der Waals surface area contributed by atoms with Gasteiger partial charge in [0.05, 0.1) is 21.5 Å². The van der Waals surface area contributed by atoms with Crippen molar-refractivity contribution in [2.45, 2.75) is 6.92 Å². The molecule has 4 aromatic carbocycles. The number of nitro benzene ring substituents is 1.